The summed E-state index contributed by atoms with van der Waals surface area (Å²) in [4.78, 5) is 4.02. The minimum absolute atomic E-state index is 0.514. The molecule has 0 spiro atoms. The lowest BCUT2D eigenvalue weighted by molar-refractivity contribution is 0.220. The van der Waals surface area contributed by atoms with E-state index in [0.717, 1.165) is 11.1 Å². The average Bonchev–Trinajstić information content (AvgIpc) is 2.39. The van der Waals surface area contributed by atoms with E-state index in [0.29, 0.717) is 5.92 Å². The molecule has 0 saturated heterocycles. The highest BCUT2D eigenvalue weighted by atomic mass is 16.3. The first kappa shape index (κ1) is 11.8. The molecule has 2 heteroatoms. The van der Waals surface area contributed by atoms with Crippen LogP contribution >= 0.6 is 0 Å². The summed E-state index contributed by atoms with van der Waals surface area (Å²) in [7, 11) is 0. The van der Waals surface area contributed by atoms with Gasteiger partial charge in [0.1, 0.15) is 6.10 Å². The number of aliphatic hydroxyl groups is 1. The van der Waals surface area contributed by atoms with E-state index in [-0.39, 0.29) is 0 Å². The summed E-state index contributed by atoms with van der Waals surface area (Å²) in [5, 5.41) is 10.2. The molecule has 0 fully saturated rings. The molecule has 1 unspecified atom stereocenters. The number of hydrogen-bond acceptors (Lipinski definition) is 2. The maximum absolute atomic E-state index is 10.2. The lowest BCUT2D eigenvalue weighted by atomic mass is 9.98. The molecule has 0 amide bonds. The molecule has 0 aliphatic carbocycles. The lowest BCUT2D eigenvalue weighted by Gasteiger charge is -2.12. The Labute approximate surface area is 102 Å². The highest BCUT2D eigenvalue weighted by Gasteiger charge is 2.10. The van der Waals surface area contributed by atoms with Gasteiger partial charge in [-0.25, -0.2) is 0 Å². The second kappa shape index (κ2) is 5.11. The summed E-state index contributed by atoms with van der Waals surface area (Å²) >= 11 is 0. The number of nitrogens with zero attached hydrogens (tertiary/aromatic N) is 1. The Balaban J connectivity index is 2.23. The van der Waals surface area contributed by atoms with Crippen molar-refractivity contribution in [3.8, 4) is 0 Å². The molecule has 0 aliphatic heterocycles. The van der Waals surface area contributed by atoms with Crippen molar-refractivity contribution >= 4 is 0 Å². The number of aromatic nitrogens is 1. The fraction of sp³-hybridized carbons (Fsp3) is 0.267. The molecule has 2 nitrogen and oxygen atoms in total. The van der Waals surface area contributed by atoms with E-state index in [1.54, 1.807) is 12.4 Å². The van der Waals surface area contributed by atoms with Crippen LogP contribution in [0.25, 0.3) is 0 Å². The standard InChI is InChI=1S/C15H17NO/c1-11(2)12-5-7-13(8-6-12)15(17)14-4-3-9-16-10-14/h3-11,15,17H,1-2H3. The molecule has 0 radical (unpaired) electrons. The maximum atomic E-state index is 10.2. The van der Waals surface area contributed by atoms with Crippen molar-refractivity contribution in [1.29, 1.82) is 0 Å². The maximum Gasteiger partial charge on any atom is 0.106 e. The van der Waals surface area contributed by atoms with Gasteiger partial charge in [0.25, 0.3) is 0 Å². The molecule has 1 aromatic heterocycles. The number of rotatable bonds is 3. The quantitative estimate of drug-likeness (QED) is 0.872. The van der Waals surface area contributed by atoms with Crippen LogP contribution in [-0.2, 0) is 0 Å². The second-order valence-electron chi connectivity index (χ2n) is 4.51. The third-order valence-electron chi connectivity index (χ3n) is 2.92. The minimum atomic E-state index is -0.593. The topological polar surface area (TPSA) is 33.1 Å². The van der Waals surface area contributed by atoms with Gasteiger partial charge in [-0.3, -0.25) is 4.98 Å². The Morgan fingerprint density at radius 2 is 1.59 bits per heavy atom. The van der Waals surface area contributed by atoms with Crippen molar-refractivity contribution in [1.82, 2.24) is 4.98 Å². The second-order valence-corrected chi connectivity index (χ2v) is 4.51. The molecule has 2 aromatic rings. The first-order chi connectivity index (χ1) is 8.18. The summed E-state index contributed by atoms with van der Waals surface area (Å²) in [6.07, 6.45) is 2.81. The van der Waals surface area contributed by atoms with Crippen LogP contribution in [0.5, 0.6) is 0 Å². The fourth-order valence-corrected chi connectivity index (χ4v) is 1.79. The SMILES string of the molecule is CC(C)c1ccc(C(O)c2cccnc2)cc1. The van der Waals surface area contributed by atoms with E-state index < -0.39 is 6.10 Å². The Bertz CT molecular complexity index is 462. The summed E-state index contributed by atoms with van der Waals surface area (Å²) in [6.45, 7) is 4.32. The zero-order chi connectivity index (χ0) is 12.3. The van der Waals surface area contributed by atoms with Crippen molar-refractivity contribution in [3.05, 3.63) is 65.5 Å². The summed E-state index contributed by atoms with van der Waals surface area (Å²) in [5.41, 5.74) is 3.01. The molecule has 0 bridgehead atoms. The number of aliphatic hydroxyl groups excluding tert-OH is 1. The highest BCUT2D eigenvalue weighted by Crippen LogP contribution is 2.23. The van der Waals surface area contributed by atoms with Crippen molar-refractivity contribution in [2.75, 3.05) is 0 Å². The average molecular weight is 227 g/mol. The van der Waals surface area contributed by atoms with E-state index in [1.165, 1.54) is 5.56 Å². The van der Waals surface area contributed by atoms with Gasteiger partial charge < -0.3 is 5.11 Å². The summed E-state index contributed by atoms with van der Waals surface area (Å²) in [6, 6.07) is 11.8. The van der Waals surface area contributed by atoms with Crippen molar-refractivity contribution in [3.63, 3.8) is 0 Å². The van der Waals surface area contributed by atoms with Gasteiger partial charge in [-0.15, -0.1) is 0 Å². The largest absolute Gasteiger partial charge is 0.384 e. The first-order valence-electron chi connectivity index (χ1n) is 5.86. The number of benzene rings is 1. The van der Waals surface area contributed by atoms with Gasteiger partial charge in [0, 0.05) is 18.0 Å². The smallest absolute Gasteiger partial charge is 0.106 e. The van der Waals surface area contributed by atoms with Gasteiger partial charge in [0.15, 0.2) is 0 Å². The van der Waals surface area contributed by atoms with E-state index in [4.69, 9.17) is 0 Å². The number of hydrogen-bond donors (Lipinski definition) is 1. The van der Waals surface area contributed by atoms with E-state index >= 15 is 0 Å². The number of pyridine rings is 1. The molecule has 17 heavy (non-hydrogen) atoms. The molecule has 1 atom stereocenters. The van der Waals surface area contributed by atoms with Gasteiger partial charge in [0.2, 0.25) is 0 Å². The minimum Gasteiger partial charge on any atom is -0.384 e. The van der Waals surface area contributed by atoms with E-state index in [2.05, 4.69) is 31.0 Å². The van der Waals surface area contributed by atoms with Crippen LogP contribution in [0, 0.1) is 0 Å². The van der Waals surface area contributed by atoms with Crippen LogP contribution in [0.4, 0.5) is 0 Å². The van der Waals surface area contributed by atoms with Gasteiger partial charge >= 0.3 is 0 Å². The van der Waals surface area contributed by atoms with E-state index in [1.807, 2.05) is 24.3 Å². The van der Waals surface area contributed by atoms with Crippen molar-refractivity contribution in [2.45, 2.75) is 25.9 Å². The molecule has 0 saturated carbocycles. The molecule has 1 heterocycles. The van der Waals surface area contributed by atoms with Crippen LogP contribution in [0.3, 0.4) is 0 Å². The third-order valence-corrected chi connectivity index (χ3v) is 2.92. The van der Waals surface area contributed by atoms with Crippen LogP contribution in [-0.4, -0.2) is 10.1 Å². The predicted octanol–water partition coefficient (Wildman–Crippen LogP) is 3.29. The molecular weight excluding hydrogens is 210 g/mol. The van der Waals surface area contributed by atoms with Crippen LogP contribution in [0.2, 0.25) is 0 Å². The Kier molecular flexibility index (Phi) is 3.55. The molecule has 1 aromatic carbocycles. The Morgan fingerprint density at radius 3 is 2.12 bits per heavy atom. The molecule has 0 aliphatic rings. The van der Waals surface area contributed by atoms with Gasteiger partial charge in [-0.1, -0.05) is 44.2 Å². The van der Waals surface area contributed by atoms with Crippen molar-refractivity contribution < 1.29 is 5.11 Å². The summed E-state index contributed by atoms with van der Waals surface area (Å²) in [5.74, 6) is 0.514. The normalized spacial score (nSPS) is 12.7. The third kappa shape index (κ3) is 2.71. The van der Waals surface area contributed by atoms with Crippen LogP contribution in [0.1, 0.15) is 42.6 Å². The van der Waals surface area contributed by atoms with Gasteiger partial charge in [-0.2, -0.15) is 0 Å². The first-order valence-corrected chi connectivity index (χ1v) is 5.86. The van der Waals surface area contributed by atoms with E-state index in [9.17, 15) is 5.11 Å². The molecule has 1 N–H and O–H groups in total. The van der Waals surface area contributed by atoms with Crippen molar-refractivity contribution in [2.24, 2.45) is 0 Å². The molecular formula is C15H17NO. The van der Waals surface area contributed by atoms with Gasteiger partial charge in [-0.05, 0) is 23.1 Å². The molecule has 2 rings (SSSR count). The van der Waals surface area contributed by atoms with Gasteiger partial charge in [0.05, 0.1) is 0 Å². The zero-order valence-electron chi connectivity index (χ0n) is 10.2. The van der Waals surface area contributed by atoms with Crippen LogP contribution in [0.15, 0.2) is 48.8 Å². The highest BCUT2D eigenvalue weighted by molar-refractivity contribution is 5.31. The fourth-order valence-electron chi connectivity index (χ4n) is 1.79. The Hall–Kier alpha value is -1.67. The lowest BCUT2D eigenvalue weighted by Crippen LogP contribution is -2.00. The zero-order valence-corrected chi connectivity index (χ0v) is 10.2. The Morgan fingerprint density at radius 1 is 0.941 bits per heavy atom. The molecule has 88 valence electrons. The summed E-state index contributed by atoms with van der Waals surface area (Å²) < 4.78 is 0. The van der Waals surface area contributed by atoms with Crippen LogP contribution < -0.4 is 0 Å². The predicted molar refractivity (Wildman–Crippen MR) is 68.8 cm³/mol. The monoisotopic (exact) mass is 227 g/mol.